The highest BCUT2D eigenvalue weighted by Crippen LogP contribution is 2.14. The predicted octanol–water partition coefficient (Wildman–Crippen LogP) is 3.42. The first-order valence-corrected chi connectivity index (χ1v) is 6.90. The number of hydrogen-bond acceptors (Lipinski definition) is 3. The fourth-order valence-electron chi connectivity index (χ4n) is 2.16. The largest absolute Gasteiger partial charge is 0.468 e. The van der Waals surface area contributed by atoms with Gasteiger partial charge in [-0.25, -0.2) is 0 Å². The van der Waals surface area contributed by atoms with Gasteiger partial charge in [0.2, 0.25) is 0 Å². The van der Waals surface area contributed by atoms with Gasteiger partial charge in [0, 0.05) is 25.3 Å². The first-order chi connectivity index (χ1) is 9.33. The third-order valence-electron chi connectivity index (χ3n) is 3.27. The summed E-state index contributed by atoms with van der Waals surface area (Å²) in [6.45, 7) is 8.09. The molecule has 0 fully saturated rings. The highest BCUT2D eigenvalue weighted by molar-refractivity contribution is 5.47. The van der Waals surface area contributed by atoms with Gasteiger partial charge in [-0.1, -0.05) is 12.1 Å². The summed E-state index contributed by atoms with van der Waals surface area (Å²) in [4.78, 5) is 2.35. The highest BCUT2D eigenvalue weighted by atomic mass is 16.3. The van der Waals surface area contributed by atoms with Crippen LogP contribution in [0.25, 0.3) is 0 Å². The summed E-state index contributed by atoms with van der Waals surface area (Å²) in [6, 6.07) is 12.6. The second kappa shape index (κ2) is 7.00. The maximum Gasteiger partial charge on any atom is 0.117 e. The van der Waals surface area contributed by atoms with Crippen molar-refractivity contribution in [2.75, 3.05) is 18.0 Å². The highest BCUT2D eigenvalue weighted by Gasteiger charge is 2.01. The van der Waals surface area contributed by atoms with E-state index in [4.69, 9.17) is 4.42 Å². The first-order valence-electron chi connectivity index (χ1n) is 6.90. The summed E-state index contributed by atoms with van der Waals surface area (Å²) in [5.74, 6) is 0.972. The van der Waals surface area contributed by atoms with Gasteiger partial charge < -0.3 is 14.6 Å². The van der Waals surface area contributed by atoms with Crippen LogP contribution < -0.4 is 10.2 Å². The molecule has 3 nitrogen and oxygen atoms in total. The van der Waals surface area contributed by atoms with E-state index in [0.29, 0.717) is 0 Å². The second-order valence-corrected chi connectivity index (χ2v) is 4.52. The van der Waals surface area contributed by atoms with Crippen LogP contribution in [-0.4, -0.2) is 13.1 Å². The van der Waals surface area contributed by atoms with Gasteiger partial charge in [-0.2, -0.15) is 0 Å². The molecule has 0 aliphatic carbocycles. The van der Waals surface area contributed by atoms with Gasteiger partial charge in [-0.15, -0.1) is 0 Å². The summed E-state index contributed by atoms with van der Waals surface area (Å²) >= 11 is 0. The van der Waals surface area contributed by atoms with Crippen LogP contribution in [0.1, 0.15) is 25.2 Å². The summed E-state index contributed by atoms with van der Waals surface area (Å²) < 4.78 is 5.28. The van der Waals surface area contributed by atoms with Gasteiger partial charge in [0.15, 0.2) is 0 Å². The summed E-state index contributed by atoms with van der Waals surface area (Å²) in [5, 5.41) is 3.37. The van der Waals surface area contributed by atoms with E-state index in [2.05, 4.69) is 48.3 Å². The van der Waals surface area contributed by atoms with Crippen molar-refractivity contribution in [1.82, 2.24) is 5.32 Å². The van der Waals surface area contributed by atoms with Crippen molar-refractivity contribution in [3.63, 3.8) is 0 Å². The van der Waals surface area contributed by atoms with Gasteiger partial charge in [0.05, 0.1) is 12.8 Å². The van der Waals surface area contributed by atoms with Crippen molar-refractivity contribution in [3.8, 4) is 0 Å². The first kappa shape index (κ1) is 13.7. The molecule has 2 rings (SSSR count). The molecule has 0 aliphatic rings. The summed E-state index contributed by atoms with van der Waals surface area (Å²) in [5.41, 5.74) is 2.59. The zero-order valence-electron chi connectivity index (χ0n) is 11.7. The van der Waals surface area contributed by atoms with Crippen LogP contribution in [0.4, 0.5) is 5.69 Å². The van der Waals surface area contributed by atoms with E-state index >= 15 is 0 Å². The zero-order chi connectivity index (χ0) is 13.5. The Morgan fingerprint density at radius 1 is 1.00 bits per heavy atom. The molecule has 1 aromatic carbocycles. The molecule has 1 heterocycles. The molecular formula is C16H22N2O. The number of nitrogens with one attached hydrogen (secondary N) is 1. The van der Waals surface area contributed by atoms with Crippen LogP contribution >= 0.6 is 0 Å². The van der Waals surface area contributed by atoms with E-state index < -0.39 is 0 Å². The Labute approximate surface area is 115 Å². The van der Waals surface area contributed by atoms with Crippen LogP contribution in [0, 0.1) is 0 Å². The topological polar surface area (TPSA) is 28.4 Å². The standard InChI is InChI=1S/C16H22N2O/c1-3-18(4-2)15-9-7-14(8-10-15)12-17-13-16-6-5-11-19-16/h5-11,17H,3-4,12-13H2,1-2H3. The molecule has 0 bridgehead atoms. The predicted molar refractivity (Wildman–Crippen MR) is 79.3 cm³/mol. The molecule has 0 radical (unpaired) electrons. The summed E-state index contributed by atoms with van der Waals surface area (Å²) in [7, 11) is 0. The maximum atomic E-state index is 5.28. The van der Waals surface area contributed by atoms with E-state index in [1.165, 1.54) is 11.3 Å². The Morgan fingerprint density at radius 3 is 2.32 bits per heavy atom. The van der Waals surface area contributed by atoms with E-state index in [-0.39, 0.29) is 0 Å². The van der Waals surface area contributed by atoms with Crippen molar-refractivity contribution in [3.05, 3.63) is 54.0 Å². The third kappa shape index (κ3) is 3.86. The summed E-state index contributed by atoms with van der Waals surface area (Å²) in [6.07, 6.45) is 1.70. The average Bonchev–Trinajstić information content (AvgIpc) is 2.95. The van der Waals surface area contributed by atoms with Gasteiger partial charge in [0.1, 0.15) is 5.76 Å². The quantitative estimate of drug-likeness (QED) is 0.825. The van der Waals surface area contributed by atoms with Crippen molar-refractivity contribution < 1.29 is 4.42 Å². The van der Waals surface area contributed by atoms with E-state index in [1.54, 1.807) is 6.26 Å². The molecule has 0 amide bonds. The van der Waals surface area contributed by atoms with E-state index in [0.717, 1.165) is 31.9 Å². The Balaban J connectivity index is 1.84. The minimum atomic E-state index is 0.769. The number of nitrogens with zero attached hydrogens (tertiary/aromatic N) is 1. The maximum absolute atomic E-state index is 5.28. The van der Waals surface area contributed by atoms with E-state index in [9.17, 15) is 0 Å². The Kier molecular flexibility index (Phi) is 5.04. The lowest BCUT2D eigenvalue weighted by Crippen LogP contribution is -2.21. The molecule has 19 heavy (non-hydrogen) atoms. The van der Waals surface area contributed by atoms with E-state index in [1.807, 2.05) is 12.1 Å². The van der Waals surface area contributed by atoms with Crippen molar-refractivity contribution >= 4 is 5.69 Å². The van der Waals surface area contributed by atoms with Gasteiger partial charge >= 0.3 is 0 Å². The van der Waals surface area contributed by atoms with Gasteiger partial charge in [-0.3, -0.25) is 0 Å². The van der Waals surface area contributed by atoms with Crippen LogP contribution in [0.2, 0.25) is 0 Å². The lowest BCUT2D eigenvalue weighted by Gasteiger charge is -2.21. The fraction of sp³-hybridized carbons (Fsp3) is 0.375. The van der Waals surface area contributed by atoms with Gasteiger partial charge in [0.25, 0.3) is 0 Å². The fourth-order valence-corrected chi connectivity index (χ4v) is 2.16. The second-order valence-electron chi connectivity index (χ2n) is 4.52. The van der Waals surface area contributed by atoms with Crippen LogP contribution in [0.3, 0.4) is 0 Å². The number of furan rings is 1. The molecule has 0 spiro atoms. The Bertz CT molecular complexity index is 458. The van der Waals surface area contributed by atoms with Crippen molar-refractivity contribution in [1.29, 1.82) is 0 Å². The van der Waals surface area contributed by atoms with Crippen LogP contribution in [0.15, 0.2) is 47.1 Å². The van der Waals surface area contributed by atoms with Crippen molar-refractivity contribution in [2.24, 2.45) is 0 Å². The molecule has 0 saturated heterocycles. The molecule has 0 aliphatic heterocycles. The smallest absolute Gasteiger partial charge is 0.117 e. The Morgan fingerprint density at radius 2 is 1.74 bits per heavy atom. The molecule has 1 N–H and O–H groups in total. The van der Waals surface area contributed by atoms with Crippen molar-refractivity contribution in [2.45, 2.75) is 26.9 Å². The molecular weight excluding hydrogens is 236 g/mol. The lowest BCUT2D eigenvalue weighted by molar-refractivity contribution is 0.483. The molecule has 102 valence electrons. The Hall–Kier alpha value is -1.74. The average molecular weight is 258 g/mol. The van der Waals surface area contributed by atoms with Crippen LogP contribution in [0.5, 0.6) is 0 Å². The number of anilines is 1. The molecule has 0 atom stereocenters. The number of hydrogen-bond donors (Lipinski definition) is 1. The van der Waals surface area contributed by atoms with Gasteiger partial charge in [-0.05, 0) is 43.7 Å². The molecule has 0 unspecified atom stereocenters. The minimum absolute atomic E-state index is 0.769. The minimum Gasteiger partial charge on any atom is -0.468 e. The third-order valence-corrected chi connectivity index (χ3v) is 3.27. The monoisotopic (exact) mass is 258 g/mol. The molecule has 2 aromatic rings. The SMILES string of the molecule is CCN(CC)c1ccc(CNCc2ccco2)cc1. The van der Waals surface area contributed by atoms with Crippen LogP contribution in [-0.2, 0) is 13.1 Å². The zero-order valence-corrected chi connectivity index (χ0v) is 11.7. The molecule has 3 heteroatoms. The number of benzene rings is 1. The normalized spacial score (nSPS) is 10.6. The molecule has 0 saturated carbocycles. The number of rotatable bonds is 7. The molecule has 1 aromatic heterocycles. The lowest BCUT2D eigenvalue weighted by atomic mass is 10.2.